The summed E-state index contributed by atoms with van der Waals surface area (Å²) < 4.78 is 0. The van der Waals surface area contributed by atoms with Crippen molar-refractivity contribution >= 4 is 0 Å². The highest BCUT2D eigenvalue weighted by atomic mass is 16.3. The van der Waals surface area contributed by atoms with E-state index < -0.39 is 0 Å². The molecule has 2 N–H and O–H groups in total. The summed E-state index contributed by atoms with van der Waals surface area (Å²) in [6, 6.07) is 2.41. The average molecular weight is 183 g/mol. The standard InChI is InChI=1S/C9H17N3O/c1-8(2-3-10)12-5-4-11-6-9(13)7-12/h8-9,11,13H,2,4-7H2,1H3. The lowest BCUT2D eigenvalue weighted by Crippen LogP contribution is -2.39. The number of β-amino-alcohol motifs (C(OH)–C–C–N with tert-alkyl or cyclic N) is 1. The van der Waals surface area contributed by atoms with E-state index in [4.69, 9.17) is 5.26 Å². The molecule has 13 heavy (non-hydrogen) atoms. The van der Waals surface area contributed by atoms with Crippen LogP contribution in [0.5, 0.6) is 0 Å². The van der Waals surface area contributed by atoms with Crippen LogP contribution in [0.1, 0.15) is 13.3 Å². The first-order valence-corrected chi connectivity index (χ1v) is 4.74. The number of hydrogen-bond donors (Lipinski definition) is 2. The molecule has 1 saturated heterocycles. The minimum Gasteiger partial charge on any atom is -0.390 e. The van der Waals surface area contributed by atoms with E-state index in [1.165, 1.54) is 0 Å². The third-order valence-electron chi connectivity index (χ3n) is 2.41. The number of hydrogen-bond acceptors (Lipinski definition) is 4. The molecule has 1 rings (SSSR count). The second-order valence-electron chi connectivity index (χ2n) is 3.56. The second kappa shape index (κ2) is 5.18. The van der Waals surface area contributed by atoms with Gasteiger partial charge in [0.15, 0.2) is 0 Å². The Kier molecular flexibility index (Phi) is 4.16. The maximum atomic E-state index is 9.49. The molecule has 0 aromatic carbocycles. The van der Waals surface area contributed by atoms with Crippen molar-refractivity contribution in [2.75, 3.05) is 26.2 Å². The van der Waals surface area contributed by atoms with Gasteiger partial charge in [-0.05, 0) is 6.92 Å². The van der Waals surface area contributed by atoms with E-state index in [9.17, 15) is 5.11 Å². The van der Waals surface area contributed by atoms with E-state index in [1.807, 2.05) is 6.92 Å². The predicted molar refractivity (Wildman–Crippen MR) is 50.1 cm³/mol. The fourth-order valence-corrected chi connectivity index (χ4v) is 1.58. The van der Waals surface area contributed by atoms with Crippen LogP contribution in [0, 0.1) is 11.3 Å². The Bertz CT molecular complexity index is 190. The molecule has 0 spiro atoms. The summed E-state index contributed by atoms with van der Waals surface area (Å²) in [6.07, 6.45) is 0.232. The lowest BCUT2D eigenvalue weighted by Gasteiger charge is -2.26. The lowest BCUT2D eigenvalue weighted by molar-refractivity contribution is 0.111. The van der Waals surface area contributed by atoms with E-state index in [-0.39, 0.29) is 12.1 Å². The van der Waals surface area contributed by atoms with Gasteiger partial charge < -0.3 is 10.4 Å². The Balaban J connectivity index is 2.43. The molecule has 2 unspecified atom stereocenters. The normalized spacial score (nSPS) is 27.6. The van der Waals surface area contributed by atoms with Crippen molar-refractivity contribution in [2.45, 2.75) is 25.5 Å². The molecule has 0 radical (unpaired) electrons. The molecule has 1 aliphatic heterocycles. The van der Waals surface area contributed by atoms with Crippen molar-refractivity contribution in [2.24, 2.45) is 0 Å². The van der Waals surface area contributed by atoms with E-state index >= 15 is 0 Å². The molecule has 0 aromatic rings. The molecule has 0 bridgehead atoms. The zero-order chi connectivity index (χ0) is 9.68. The van der Waals surface area contributed by atoms with Crippen molar-refractivity contribution in [1.82, 2.24) is 10.2 Å². The smallest absolute Gasteiger partial charge is 0.0791 e. The van der Waals surface area contributed by atoms with Crippen molar-refractivity contribution < 1.29 is 5.11 Å². The van der Waals surface area contributed by atoms with Crippen LogP contribution in [-0.4, -0.2) is 48.3 Å². The molecule has 74 valence electrons. The van der Waals surface area contributed by atoms with Gasteiger partial charge in [0.1, 0.15) is 0 Å². The number of nitrogens with zero attached hydrogens (tertiary/aromatic N) is 2. The molecule has 0 aromatic heterocycles. The van der Waals surface area contributed by atoms with Crippen LogP contribution in [0.4, 0.5) is 0 Å². The zero-order valence-corrected chi connectivity index (χ0v) is 8.03. The third kappa shape index (κ3) is 3.31. The molecule has 0 aliphatic carbocycles. The van der Waals surface area contributed by atoms with E-state index in [0.717, 1.165) is 13.1 Å². The fourth-order valence-electron chi connectivity index (χ4n) is 1.58. The molecular weight excluding hydrogens is 166 g/mol. The zero-order valence-electron chi connectivity index (χ0n) is 8.03. The predicted octanol–water partition coefficient (Wildman–Crippen LogP) is -0.445. The highest BCUT2D eigenvalue weighted by Crippen LogP contribution is 2.05. The SMILES string of the molecule is CC(CC#N)N1CCNCC(O)C1. The van der Waals surface area contributed by atoms with Crippen LogP contribution in [0.25, 0.3) is 0 Å². The van der Waals surface area contributed by atoms with Gasteiger partial charge in [-0.15, -0.1) is 0 Å². The minimum atomic E-state index is -0.302. The van der Waals surface area contributed by atoms with Crippen molar-refractivity contribution in [3.8, 4) is 6.07 Å². The summed E-state index contributed by atoms with van der Waals surface area (Å²) in [5, 5.41) is 21.2. The average Bonchev–Trinajstić information content (AvgIpc) is 2.30. The Hall–Kier alpha value is -0.630. The highest BCUT2D eigenvalue weighted by molar-refractivity contribution is 4.83. The minimum absolute atomic E-state index is 0.250. The van der Waals surface area contributed by atoms with E-state index in [2.05, 4.69) is 16.3 Å². The van der Waals surface area contributed by atoms with Gasteiger partial charge in [0.25, 0.3) is 0 Å². The molecule has 4 heteroatoms. The van der Waals surface area contributed by atoms with Crippen LogP contribution >= 0.6 is 0 Å². The fraction of sp³-hybridized carbons (Fsp3) is 0.889. The van der Waals surface area contributed by atoms with Gasteiger partial charge in [0, 0.05) is 32.2 Å². The first-order chi connectivity index (χ1) is 6.24. The number of aliphatic hydroxyl groups excluding tert-OH is 1. The second-order valence-corrected chi connectivity index (χ2v) is 3.56. The maximum absolute atomic E-state index is 9.49. The van der Waals surface area contributed by atoms with Gasteiger partial charge in [-0.1, -0.05) is 0 Å². The van der Waals surface area contributed by atoms with Crippen molar-refractivity contribution in [3.63, 3.8) is 0 Å². The molecule has 2 atom stereocenters. The molecule has 1 heterocycles. The van der Waals surface area contributed by atoms with Crippen molar-refractivity contribution in [1.29, 1.82) is 5.26 Å². The van der Waals surface area contributed by atoms with Gasteiger partial charge in [-0.3, -0.25) is 4.90 Å². The Morgan fingerprint density at radius 1 is 1.77 bits per heavy atom. The highest BCUT2D eigenvalue weighted by Gasteiger charge is 2.19. The third-order valence-corrected chi connectivity index (χ3v) is 2.41. The largest absolute Gasteiger partial charge is 0.390 e. The maximum Gasteiger partial charge on any atom is 0.0791 e. The Morgan fingerprint density at radius 3 is 3.23 bits per heavy atom. The quantitative estimate of drug-likeness (QED) is 0.609. The molecule has 0 amide bonds. The Morgan fingerprint density at radius 2 is 2.54 bits per heavy atom. The van der Waals surface area contributed by atoms with Crippen LogP contribution in [0.15, 0.2) is 0 Å². The van der Waals surface area contributed by atoms with Gasteiger partial charge in [0.05, 0.1) is 18.6 Å². The summed E-state index contributed by atoms with van der Waals surface area (Å²) >= 11 is 0. The van der Waals surface area contributed by atoms with E-state index in [0.29, 0.717) is 19.5 Å². The summed E-state index contributed by atoms with van der Waals surface area (Å²) in [6.45, 7) is 5.18. The van der Waals surface area contributed by atoms with Gasteiger partial charge in [-0.2, -0.15) is 5.26 Å². The van der Waals surface area contributed by atoms with Crippen LogP contribution in [-0.2, 0) is 0 Å². The summed E-state index contributed by atoms with van der Waals surface area (Å²) in [4.78, 5) is 2.16. The first-order valence-electron chi connectivity index (χ1n) is 4.74. The molecule has 4 nitrogen and oxygen atoms in total. The van der Waals surface area contributed by atoms with Crippen LogP contribution in [0.3, 0.4) is 0 Å². The lowest BCUT2D eigenvalue weighted by atomic mass is 10.2. The molecule has 1 fully saturated rings. The Labute approximate surface area is 79.1 Å². The van der Waals surface area contributed by atoms with Gasteiger partial charge in [0.2, 0.25) is 0 Å². The van der Waals surface area contributed by atoms with E-state index in [1.54, 1.807) is 0 Å². The summed E-state index contributed by atoms with van der Waals surface area (Å²) in [7, 11) is 0. The van der Waals surface area contributed by atoms with Gasteiger partial charge in [-0.25, -0.2) is 0 Å². The first kappa shape index (κ1) is 10.5. The van der Waals surface area contributed by atoms with Crippen LogP contribution < -0.4 is 5.32 Å². The number of rotatable bonds is 2. The molecular formula is C9H17N3O. The molecule has 0 saturated carbocycles. The monoisotopic (exact) mass is 183 g/mol. The summed E-state index contributed by atoms with van der Waals surface area (Å²) in [5.74, 6) is 0. The number of aliphatic hydroxyl groups is 1. The van der Waals surface area contributed by atoms with Crippen molar-refractivity contribution in [3.05, 3.63) is 0 Å². The van der Waals surface area contributed by atoms with Crippen LogP contribution in [0.2, 0.25) is 0 Å². The topological polar surface area (TPSA) is 59.3 Å². The molecule has 1 aliphatic rings. The number of nitrogens with one attached hydrogen (secondary N) is 1. The number of nitriles is 1. The summed E-state index contributed by atoms with van der Waals surface area (Å²) in [5.41, 5.74) is 0. The van der Waals surface area contributed by atoms with Gasteiger partial charge >= 0.3 is 0 Å².